The molecule has 248 valence electrons. The zero-order valence-electron chi connectivity index (χ0n) is 25.1. The van der Waals surface area contributed by atoms with Gasteiger partial charge in [0.15, 0.2) is 43.1 Å². The maximum absolute atomic E-state index is 12.2. The van der Waals surface area contributed by atoms with Crippen molar-refractivity contribution in [1.82, 2.24) is 0 Å². The summed E-state index contributed by atoms with van der Waals surface area (Å²) in [6.07, 6.45) is -16.3. The number of esters is 7. The van der Waals surface area contributed by atoms with Crippen LogP contribution in [0.2, 0.25) is 0 Å². The summed E-state index contributed by atoms with van der Waals surface area (Å²) in [7, 11) is 0. The topological polar surface area (TPSA) is 232 Å². The van der Waals surface area contributed by atoms with Crippen LogP contribution >= 0.6 is 0 Å². The lowest BCUT2D eigenvalue weighted by molar-refractivity contribution is -0.357. The van der Waals surface area contributed by atoms with Crippen molar-refractivity contribution in [2.24, 2.45) is 0 Å². The van der Waals surface area contributed by atoms with Crippen LogP contribution in [-0.2, 0) is 80.9 Å². The van der Waals surface area contributed by atoms with Gasteiger partial charge in [-0.25, -0.2) is 0 Å². The van der Waals surface area contributed by atoms with Crippen LogP contribution in [0.15, 0.2) is 0 Å². The fourth-order valence-corrected chi connectivity index (χ4v) is 4.49. The molecule has 2 fully saturated rings. The van der Waals surface area contributed by atoms with Crippen LogP contribution in [0.4, 0.5) is 0 Å². The Kier molecular flexibility index (Phi) is 13.4. The summed E-state index contributed by atoms with van der Waals surface area (Å²) in [5, 5.41) is 10.6. The van der Waals surface area contributed by atoms with E-state index in [4.69, 9.17) is 47.4 Å². The average molecular weight is 637 g/mol. The summed E-state index contributed by atoms with van der Waals surface area (Å²) >= 11 is 0. The number of carbonyl (C=O) groups excluding carboxylic acids is 7. The highest BCUT2D eigenvalue weighted by Crippen LogP contribution is 2.34. The highest BCUT2D eigenvalue weighted by Gasteiger charge is 2.57. The van der Waals surface area contributed by atoms with Crippen LogP contribution < -0.4 is 0 Å². The minimum Gasteiger partial charge on any atom is -0.463 e. The summed E-state index contributed by atoms with van der Waals surface area (Å²) in [5.41, 5.74) is 0. The normalized spacial score (nSPS) is 31.5. The van der Waals surface area contributed by atoms with Crippen LogP contribution in [0.1, 0.15) is 48.5 Å². The molecule has 0 radical (unpaired) electrons. The highest BCUT2D eigenvalue weighted by molar-refractivity contribution is 5.69. The minimum absolute atomic E-state index is 0.572. The van der Waals surface area contributed by atoms with Crippen molar-refractivity contribution in [3.63, 3.8) is 0 Å². The van der Waals surface area contributed by atoms with E-state index in [1.165, 1.54) is 0 Å². The summed E-state index contributed by atoms with van der Waals surface area (Å²) in [6, 6.07) is 0. The molecule has 10 atom stereocenters. The third-order valence-corrected chi connectivity index (χ3v) is 5.90. The van der Waals surface area contributed by atoms with E-state index in [-0.39, 0.29) is 0 Å². The molecule has 0 aromatic heterocycles. The molecule has 0 amide bonds. The Morgan fingerprint density at radius 1 is 0.477 bits per heavy atom. The maximum Gasteiger partial charge on any atom is 0.303 e. The van der Waals surface area contributed by atoms with Gasteiger partial charge in [-0.15, -0.1) is 0 Å². The van der Waals surface area contributed by atoms with E-state index in [9.17, 15) is 38.7 Å². The van der Waals surface area contributed by atoms with Gasteiger partial charge in [-0.1, -0.05) is 0 Å². The Bertz CT molecular complexity index is 1090. The summed E-state index contributed by atoms with van der Waals surface area (Å²) < 4.78 is 54.1. The molecule has 1 N–H and O–H groups in total. The lowest BCUT2D eigenvalue weighted by atomic mass is 9.96. The third kappa shape index (κ3) is 10.7. The van der Waals surface area contributed by atoms with Crippen LogP contribution in [0.3, 0.4) is 0 Å². The Morgan fingerprint density at radius 2 is 0.841 bits per heavy atom. The second-order valence-corrected chi connectivity index (χ2v) is 9.68. The molecule has 0 aromatic carbocycles. The van der Waals surface area contributed by atoms with Crippen LogP contribution in [0.25, 0.3) is 0 Å². The van der Waals surface area contributed by atoms with Gasteiger partial charge in [0.1, 0.15) is 31.5 Å². The van der Waals surface area contributed by atoms with E-state index >= 15 is 0 Å². The lowest BCUT2D eigenvalue weighted by Crippen LogP contribution is -2.67. The first-order valence-electron chi connectivity index (χ1n) is 13.3. The first-order valence-corrected chi connectivity index (χ1v) is 13.3. The largest absolute Gasteiger partial charge is 0.463 e. The van der Waals surface area contributed by atoms with E-state index < -0.39 is 116 Å². The predicted octanol–water partition coefficient (Wildman–Crippen LogP) is -1.40. The van der Waals surface area contributed by atoms with Crippen molar-refractivity contribution in [2.45, 2.75) is 110 Å². The molecular weight excluding hydrogens is 600 g/mol. The second kappa shape index (κ2) is 16.3. The monoisotopic (exact) mass is 636 g/mol. The smallest absolute Gasteiger partial charge is 0.303 e. The molecule has 0 aromatic rings. The van der Waals surface area contributed by atoms with Gasteiger partial charge in [0, 0.05) is 48.5 Å². The molecule has 0 bridgehead atoms. The van der Waals surface area contributed by atoms with Gasteiger partial charge in [-0.05, 0) is 0 Å². The zero-order chi connectivity index (χ0) is 33.3. The maximum atomic E-state index is 12.2. The SMILES string of the molecule is CC(=O)OC[C@H]1O[C@H](O)[C@H](OC(C)=O)[C@@H](OC(C)=O)[C@H]1O[C@H]1O[C@H](COC(C)=O)[C@@H](OC(C)=O)[C@H](OC(C)=O)[C@H]1OC(C)=O. The van der Waals surface area contributed by atoms with Crippen LogP contribution in [0, 0.1) is 0 Å². The standard InChI is InChI=1S/C26H36O18/c1-10(27)35-8-17-20(21(38-13(4)30)23(25(34)42-17)40-15(6)32)44-26-24(41-16(7)33)22(39-14(5)31)19(37-12(3)29)18(43-26)9-36-11(2)28/h17-26,34H,8-9H2,1-7H3/t17-,18-,19-,20+,21+,22+,23-,24-,25+,26-/m1/s1. The Morgan fingerprint density at radius 3 is 1.27 bits per heavy atom. The summed E-state index contributed by atoms with van der Waals surface area (Å²) in [4.78, 5) is 83.5. The number of aliphatic hydroxyl groups excluding tert-OH is 1. The molecule has 2 aliphatic heterocycles. The molecule has 2 heterocycles. The second-order valence-electron chi connectivity index (χ2n) is 9.68. The van der Waals surface area contributed by atoms with Crippen molar-refractivity contribution in [2.75, 3.05) is 13.2 Å². The van der Waals surface area contributed by atoms with E-state index in [1.54, 1.807) is 0 Å². The zero-order valence-corrected chi connectivity index (χ0v) is 25.1. The summed E-state index contributed by atoms with van der Waals surface area (Å²) in [5.74, 6) is -6.03. The Balaban J connectivity index is 2.66. The molecule has 2 saturated heterocycles. The molecule has 0 unspecified atom stereocenters. The van der Waals surface area contributed by atoms with Gasteiger partial charge in [-0.3, -0.25) is 33.6 Å². The van der Waals surface area contributed by atoms with Crippen LogP contribution in [0.5, 0.6) is 0 Å². The van der Waals surface area contributed by atoms with E-state index in [0.29, 0.717) is 0 Å². The number of ether oxygens (including phenoxy) is 10. The lowest BCUT2D eigenvalue weighted by Gasteiger charge is -2.48. The molecular formula is C26H36O18. The van der Waals surface area contributed by atoms with Crippen molar-refractivity contribution in [3.8, 4) is 0 Å². The fourth-order valence-electron chi connectivity index (χ4n) is 4.49. The van der Waals surface area contributed by atoms with Crippen molar-refractivity contribution >= 4 is 41.8 Å². The average Bonchev–Trinajstić information content (AvgIpc) is 2.87. The van der Waals surface area contributed by atoms with Gasteiger partial charge >= 0.3 is 41.8 Å². The first kappa shape index (κ1) is 36.3. The first-order chi connectivity index (χ1) is 20.5. The number of rotatable bonds is 11. The molecule has 18 nitrogen and oxygen atoms in total. The number of hydrogen-bond donors (Lipinski definition) is 1. The molecule has 18 heteroatoms. The van der Waals surface area contributed by atoms with Gasteiger partial charge < -0.3 is 52.5 Å². The van der Waals surface area contributed by atoms with Crippen molar-refractivity contribution in [3.05, 3.63) is 0 Å². The van der Waals surface area contributed by atoms with Crippen LogP contribution in [-0.4, -0.2) is 122 Å². The molecule has 0 aliphatic carbocycles. The summed E-state index contributed by atoms with van der Waals surface area (Å²) in [6.45, 7) is 6.11. The van der Waals surface area contributed by atoms with Crippen molar-refractivity contribution in [1.29, 1.82) is 0 Å². The van der Waals surface area contributed by atoms with Gasteiger partial charge in [0.2, 0.25) is 0 Å². The molecule has 0 spiro atoms. The number of carbonyl (C=O) groups is 7. The predicted molar refractivity (Wildman–Crippen MR) is 135 cm³/mol. The van der Waals surface area contributed by atoms with Gasteiger partial charge in [-0.2, -0.15) is 0 Å². The fraction of sp³-hybridized carbons (Fsp3) is 0.731. The minimum atomic E-state index is -1.90. The van der Waals surface area contributed by atoms with E-state index in [2.05, 4.69) is 0 Å². The molecule has 2 rings (SSSR count). The highest BCUT2D eigenvalue weighted by atomic mass is 16.8. The quantitative estimate of drug-likeness (QED) is 0.203. The van der Waals surface area contributed by atoms with Gasteiger partial charge in [0.05, 0.1) is 0 Å². The Hall–Kier alpha value is -3.87. The van der Waals surface area contributed by atoms with Crippen molar-refractivity contribution < 1.29 is 86.0 Å². The molecule has 0 saturated carbocycles. The van der Waals surface area contributed by atoms with Gasteiger partial charge in [0.25, 0.3) is 0 Å². The molecule has 2 aliphatic rings. The Labute approximate surface area is 251 Å². The van der Waals surface area contributed by atoms with E-state index in [1.807, 2.05) is 0 Å². The third-order valence-electron chi connectivity index (χ3n) is 5.90. The number of aliphatic hydroxyl groups is 1. The molecule has 44 heavy (non-hydrogen) atoms. The van der Waals surface area contributed by atoms with E-state index in [0.717, 1.165) is 48.5 Å². The number of hydrogen-bond acceptors (Lipinski definition) is 18.